The second-order valence-electron chi connectivity index (χ2n) is 6.92. The van der Waals surface area contributed by atoms with Crippen LogP contribution in [0, 0.1) is 0 Å². The second-order valence-corrected chi connectivity index (χ2v) is 6.92. The topological polar surface area (TPSA) is 35.5 Å². The van der Waals surface area contributed by atoms with Crippen molar-refractivity contribution in [3.8, 4) is 11.5 Å². The van der Waals surface area contributed by atoms with E-state index in [2.05, 4.69) is 13.8 Å². The van der Waals surface area contributed by atoms with Crippen LogP contribution in [0.2, 0.25) is 0 Å². The Bertz CT molecular complexity index is 659. The van der Waals surface area contributed by atoms with Crippen LogP contribution in [0.5, 0.6) is 11.5 Å². The molecule has 146 valence electrons. The fourth-order valence-electron chi connectivity index (χ4n) is 2.85. The van der Waals surface area contributed by atoms with Crippen molar-refractivity contribution in [2.45, 2.75) is 65.2 Å². The Morgan fingerprint density at radius 3 is 2.04 bits per heavy atom. The molecule has 0 aromatic heterocycles. The average Bonchev–Trinajstić information content (AvgIpc) is 2.70. The van der Waals surface area contributed by atoms with Crippen molar-refractivity contribution in [1.29, 1.82) is 0 Å². The molecule has 0 saturated carbocycles. The molecule has 0 amide bonds. The Labute approximate surface area is 163 Å². The summed E-state index contributed by atoms with van der Waals surface area (Å²) < 4.78 is 11.2. The molecule has 0 bridgehead atoms. The number of benzene rings is 2. The largest absolute Gasteiger partial charge is 0.494 e. The first-order valence-electron chi connectivity index (χ1n) is 10.3. The standard InChI is InChI=1S/C24H32O3/c1-3-5-7-8-9-19-26-22-17-13-21(14-18-22)24(25)27-23-15-11-20(12-16-23)10-6-4-2/h11-18H,3-10,19H2,1-2H3. The van der Waals surface area contributed by atoms with Crippen molar-refractivity contribution < 1.29 is 14.3 Å². The van der Waals surface area contributed by atoms with E-state index < -0.39 is 0 Å². The number of rotatable bonds is 12. The molecule has 0 unspecified atom stereocenters. The molecule has 0 radical (unpaired) electrons. The molecule has 0 atom stereocenters. The molecule has 27 heavy (non-hydrogen) atoms. The molecule has 2 rings (SSSR count). The highest BCUT2D eigenvalue weighted by atomic mass is 16.5. The minimum atomic E-state index is -0.345. The highest BCUT2D eigenvalue weighted by Crippen LogP contribution is 2.18. The van der Waals surface area contributed by atoms with E-state index in [1.165, 1.54) is 44.1 Å². The highest BCUT2D eigenvalue weighted by molar-refractivity contribution is 5.91. The average molecular weight is 369 g/mol. The molecule has 0 aliphatic carbocycles. The number of aryl methyl sites for hydroxylation is 1. The van der Waals surface area contributed by atoms with Crippen LogP contribution in [0.4, 0.5) is 0 Å². The van der Waals surface area contributed by atoms with E-state index in [1.54, 1.807) is 12.1 Å². The molecule has 0 aliphatic rings. The summed E-state index contributed by atoms with van der Waals surface area (Å²) in [6, 6.07) is 14.9. The van der Waals surface area contributed by atoms with Crippen LogP contribution in [-0.2, 0) is 6.42 Å². The van der Waals surface area contributed by atoms with Gasteiger partial charge in [0.1, 0.15) is 11.5 Å². The van der Waals surface area contributed by atoms with Crippen LogP contribution in [-0.4, -0.2) is 12.6 Å². The summed E-state index contributed by atoms with van der Waals surface area (Å²) in [5.41, 5.74) is 1.80. The van der Waals surface area contributed by atoms with Gasteiger partial charge in [-0.15, -0.1) is 0 Å². The lowest BCUT2D eigenvalue weighted by atomic mass is 10.1. The molecule has 3 heteroatoms. The maximum atomic E-state index is 12.3. The molecule has 0 spiro atoms. The van der Waals surface area contributed by atoms with Crippen molar-refractivity contribution in [3.05, 3.63) is 59.7 Å². The van der Waals surface area contributed by atoms with Gasteiger partial charge in [0.25, 0.3) is 0 Å². The van der Waals surface area contributed by atoms with Gasteiger partial charge in [0.2, 0.25) is 0 Å². The van der Waals surface area contributed by atoms with E-state index >= 15 is 0 Å². The third kappa shape index (κ3) is 7.86. The number of hydrogen-bond donors (Lipinski definition) is 0. The monoisotopic (exact) mass is 368 g/mol. The Hall–Kier alpha value is -2.29. The normalized spacial score (nSPS) is 10.6. The summed E-state index contributed by atoms with van der Waals surface area (Å²) in [7, 11) is 0. The van der Waals surface area contributed by atoms with Crippen molar-refractivity contribution in [1.82, 2.24) is 0 Å². The van der Waals surface area contributed by atoms with E-state index in [1.807, 2.05) is 36.4 Å². The summed E-state index contributed by atoms with van der Waals surface area (Å²) in [6.45, 7) is 5.11. The van der Waals surface area contributed by atoms with Crippen LogP contribution in [0.15, 0.2) is 48.5 Å². The van der Waals surface area contributed by atoms with E-state index in [0.717, 1.165) is 25.2 Å². The number of carbonyl (C=O) groups excluding carboxylic acids is 1. The Morgan fingerprint density at radius 1 is 0.741 bits per heavy atom. The maximum absolute atomic E-state index is 12.3. The molecule has 0 fully saturated rings. The molecule has 3 nitrogen and oxygen atoms in total. The fourth-order valence-corrected chi connectivity index (χ4v) is 2.85. The molecule has 0 aliphatic heterocycles. The van der Waals surface area contributed by atoms with Gasteiger partial charge in [-0.05, 0) is 61.2 Å². The predicted octanol–water partition coefficient (Wildman–Crippen LogP) is 6.60. The van der Waals surface area contributed by atoms with Crippen LogP contribution in [0.1, 0.15) is 74.7 Å². The van der Waals surface area contributed by atoms with Gasteiger partial charge in [-0.25, -0.2) is 4.79 Å². The van der Waals surface area contributed by atoms with Gasteiger partial charge < -0.3 is 9.47 Å². The zero-order chi connectivity index (χ0) is 19.3. The number of hydrogen-bond acceptors (Lipinski definition) is 3. The van der Waals surface area contributed by atoms with Crippen molar-refractivity contribution in [2.75, 3.05) is 6.61 Å². The first kappa shape index (κ1) is 21.0. The zero-order valence-electron chi connectivity index (χ0n) is 16.7. The van der Waals surface area contributed by atoms with Crippen molar-refractivity contribution in [2.24, 2.45) is 0 Å². The van der Waals surface area contributed by atoms with Crippen molar-refractivity contribution >= 4 is 5.97 Å². The van der Waals surface area contributed by atoms with Gasteiger partial charge in [0, 0.05) is 0 Å². The number of ether oxygens (including phenoxy) is 2. The second kappa shape index (κ2) is 12.2. The Kier molecular flexibility index (Phi) is 9.47. The minimum absolute atomic E-state index is 0.345. The predicted molar refractivity (Wildman–Crippen MR) is 111 cm³/mol. The Balaban J connectivity index is 1.77. The van der Waals surface area contributed by atoms with Crippen LogP contribution < -0.4 is 9.47 Å². The minimum Gasteiger partial charge on any atom is -0.494 e. The van der Waals surface area contributed by atoms with Gasteiger partial charge >= 0.3 is 5.97 Å². The summed E-state index contributed by atoms with van der Waals surface area (Å²) in [6.07, 6.45) is 9.49. The van der Waals surface area contributed by atoms with E-state index in [-0.39, 0.29) is 5.97 Å². The third-order valence-corrected chi connectivity index (χ3v) is 4.56. The highest BCUT2D eigenvalue weighted by Gasteiger charge is 2.09. The fraction of sp³-hybridized carbons (Fsp3) is 0.458. The first-order chi connectivity index (χ1) is 13.2. The summed E-state index contributed by atoms with van der Waals surface area (Å²) >= 11 is 0. The number of carbonyl (C=O) groups is 1. The van der Waals surface area contributed by atoms with E-state index in [9.17, 15) is 4.79 Å². The molecule has 0 N–H and O–H groups in total. The molecule has 2 aromatic carbocycles. The van der Waals surface area contributed by atoms with Crippen LogP contribution in [0.3, 0.4) is 0 Å². The van der Waals surface area contributed by atoms with E-state index in [4.69, 9.17) is 9.47 Å². The third-order valence-electron chi connectivity index (χ3n) is 4.56. The van der Waals surface area contributed by atoms with Crippen molar-refractivity contribution in [3.63, 3.8) is 0 Å². The Morgan fingerprint density at radius 2 is 1.37 bits per heavy atom. The quantitative estimate of drug-likeness (QED) is 0.240. The van der Waals surface area contributed by atoms with Crippen LogP contribution in [0.25, 0.3) is 0 Å². The van der Waals surface area contributed by atoms with Gasteiger partial charge in [0.05, 0.1) is 12.2 Å². The maximum Gasteiger partial charge on any atom is 0.343 e. The van der Waals surface area contributed by atoms with E-state index in [0.29, 0.717) is 11.3 Å². The summed E-state index contributed by atoms with van der Waals surface area (Å²) in [4.78, 5) is 12.3. The van der Waals surface area contributed by atoms with Gasteiger partial charge in [-0.1, -0.05) is 58.1 Å². The lowest BCUT2D eigenvalue weighted by Gasteiger charge is -2.08. The summed E-state index contributed by atoms with van der Waals surface area (Å²) in [5.74, 6) is 1.03. The number of esters is 1. The number of unbranched alkanes of at least 4 members (excludes halogenated alkanes) is 5. The molecular formula is C24H32O3. The molecular weight excluding hydrogens is 336 g/mol. The lowest BCUT2D eigenvalue weighted by Crippen LogP contribution is -2.08. The zero-order valence-corrected chi connectivity index (χ0v) is 16.7. The molecule has 0 heterocycles. The first-order valence-corrected chi connectivity index (χ1v) is 10.3. The SMILES string of the molecule is CCCCCCCOc1ccc(C(=O)Oc2ccc(CCCC)cc2)cc1. The summed E-state index contributed by atoms with van der Waals surface area (Å²) in [5, 5.41) is 0. The lowest BCUT2D eigenvalue weighted by molar-refractivity contribution is 0.0734. The molecule has 2 aromatic rings. The van der Waals surface area contributed by atoms with Crippen LogP contribution >= 0.6 is 0 Å². The van der Waals surface area contributed by atoms with Gasteiger partial charge in [-0.2, -0.15) is 0 Å². The van der Waals surface area contributed by atoms with Gasteiger partial charge in [-0.3, -0.25) is 0 Å². The molecule has 0 saturated heterocycles. The smallest absolute Gasteiger partial charge is 0.343 e. The van der Waals surface area contributed by atoms with Gasteiger partial charge in [0.15, 0.2) is 0 Å².